The van der Waals surface area contributed by atoms with Gasteiger partial charge in [0.1, 0.15) is 0 Å². The lowest BCUT2D eigenvalue weighted by molar-refractivity contribution is -0.121. The summed E-state index contributed by atoms with van der Waals surface area (Å²) in [6.07, 6.45) is 1.55. The number of rotatable bonds is 3. The summed E-state index contributed by atoms with van der Waals surface area (Å²) in [4.78, 5) is 25.5. The molecule has 1 aromatic carbocycles. The van der Waals surface area contributed by atoms with Crippen LogP contribution in [0.4, 0.5) is 11.4 Å². The van der Waals surface area contributed by atoms with Gasteiger partial charge in [0.25, 0.3) is 0 Å². The van der Waals surface area contributed by atoms with E-state index in [0.29, 0.717) is 6.42 Å². The molecule has 2 aliphatic heterocycles. The minimum absolute atomic E-state index is 0.0631. The molecule has 0 spiro atoms. The first kappa shape index (κ1) is 13.1. The van der Waals surface area contributed by atoms with Crippen molar-refractivity contribution >= 4 is 23.2 Å². The van der Waals surface area contributed by atoms with Crippen LogP contribution in [-0.2, 0) is 9.59 Å². The molecular weight excluding hydrogens is 254 g/mol. The number of benzene rings is 1. The molecule has 0 unspecified atom stereocenters. The third-order valence-electron chi connectivity index (χ3n) is 3.98. The highest BCUT2D eigenvalue weighted by molar-refractivity contribution is 5.97. The fraction of sp³-hybridized carbons (Fsp3) is 0.467. The van der Waals surface area contributed by atoms with E-state index in [2.05, 4.69) is 10.6 Å². The van der Waals surface area contributed by atoms with Gasteiger partial charge in [0.2, 0.25) is 11.8 Å². The van der Waals surface area contributed by atoms with Gasteiger partial charge < -0.3 is 15.5 Å². The van der Waals surface area contributed by atoms with Gasteiger partial charge in [0, 0.05) is 37.4 Å². The van der Waals surface area contributed by atoms with Crippen LogP contribution >= 0.6 is 0 Å². The van der Waals surface area contributed by atoms with Gasteiger partial charge in [0.05, 0.1) is 5.92 Å². The van der Waals surface area contributed by atoms with E-state index in [0.717, 1.165) is 43.0 Å². The van der Waals surface area contributed by atoms with Gasteiger partial charge in [-0.2, -0.15) is 0 Å². The molecule has 0 saturated carbocycles. The fourth-order valence-electron chi connectivity index (χ4n) is 2.66. The molecule has 5 nitrogen and oxygen atoms in total. The van der Waals surface area contributed by atoms with Crippen LogP contribution in [0.25, 0.3) is 0 Å². The molecule has 3 rings (SSSR count). The van der Waals surface area contributed by atoms with E-state index in [1.165, 1.54) is 0 Å². The van der Waals surface area contributed by atoms with Crippen LogP contribution in [0.3, 0.4) is 0 Å². The second kappa shape index (κ2) is 5.25. The lowest BCUT2D eigenvalue weighted by atomic mass is 10.0. The van der Waals surface area contributed by atoms with E-state index in [1.807, 2.05) is 30.0 Å². The molecule has 106 valence electrons. The Kier molecular flexibility index (Phi) is 3.44. The minimum atomic E-state index is 0.0631. The highest BCUT2D eigenvalue weighted by atomic mass is 16.2. The van der Waals surface area contributed by atoms with Gasteiger partial charge in [0.15, 0.2) is 0 Å². The maximum absolute atomic E-state index is 11.9. The van der Waals surface area contributed by atoms with Gasteiger partial charge in [-0.25, -0.2) is 0 Å². The molecule has 5 heteroatoms. The molecule has 2 saturated heterocycles. The Bertz CT molecular complexity index is 552. The molecule has 20 heavy (non-hydrogen) atoms. The Morgan fingerprint density at radius 1 is 1.40 bits per heavy atom. The number of hydrogen-bond acceptors (Lipinski definition) is 3. The van der Waals surface area contributed by atoms with Gasteiger partial charge in [-0.3, -0.25) is 9.59 Å². The molecule has 2 aliphatic rings. The normalized spacial score (nSPS) is 19.1. The number of anilines is 2. The molecule has 2 heterocycles. The van der Waals surface area contributed by atoms with Crippen LogP contribution in [0.2, 0.25) is 0 Å². The highest BCUT2D eigenvalue weighted by Crippen LogP contribution is 2.27. The summed E-state index contributed by atoms with van der Waals surface area (Å²) in [6, 6.07) is 5.73. The molecule has 0 bridgehead atoms. The van der Waals surface area contributed by atoms with Crippen LogP contribution in [0.15, 0.2) is 18.2 Å². The zero-order valence-electron chi connectivity index (χ0n) is 11.6. The van der Waals surface area contributed by atoms with Crippen molar-refractivity contribution in [2.75, 3.05) is 29.9 Å². The van der Waals surface area contributed by atoms with Gasteiger partial charge >= 0.3 is 0 Å². The zero-order chi connectivity index (χ0) is 14.1. The third-order valence-corrected chi connectivity index (χ3v) is 3.98. The number of aryl methyl sites for hydroxylation is 1. The Morgan fingerprint density at radius 2 is 2.20 bits per heavy atom. The van der Waals surface area contributed by atoms with E-state index in [1.54, 1.807) is 0 Å². The van der Waals surface area contributed by atoms with Crippen LogP contribution in [0.1, 0.15) is 18.4 Å². The van der Waals surface area contributed by atoms with Crippen LogP contribution in [0, 0.1) is 12.8 Å². The first-order valence-corrected chi connectivity index (χ1v) is 7.08. The molecule has 2 N–H and O–H groups in total. The quantitative estimate of drug-likeness (QED) is 0.872. The summed E-state index contributed by atoms with van der Waals surface area (Å²) in [7, 11) is 0. The van der Waals surface area contributed by atoms with Crippen molar-refractivity contribution in [3.8, 4) is 0 Å². The summed E-state index contributed by atoms with van der Waals surface area (Å²) in [5, 5.41) is 6.02. The lowest BCUT2D eigenvalue weighted by Crippen LogP contribution is -2.48. The van der Waals surface area contributed by atoms with Crippen molar-refractivity contribution in [3.05, 3.63) is 23.8 Å². The first-order chi connectivity index (χ1) is 9.65. The summed E-state index contributed by atoms with van der Waals surface area (Å²) >= 11 is 0. The molecule has 0 aliphatic carbocycles. The predicted molar refractivity (Wildman–Crippen MR) is 77.8 cm³/mol. The van der Waals surface area contributed by atoms with Crippen LogP contribution in [0.5, 0.6) is 0 Å². The largest absolute Gasteiger partial charge is 0.326 e. The van der Waals surface area contributed by atoms with Gasteiger partial charge in [-0.05, 0) is 37.1 Å². The second-order valence-corrected chi connectivity index (χ2v) is 5.49. The molecule has 1 aromatic rings. The van der Waals surface area contributed by atoms with Crippen molar-refractivity contribution in [2.24, 2.45) is 5.92 Å². The van der Waals surface area contributed by atoms with Crippen molar-refractivity contribution < 1.29 is 9.59 Å². The third kappa shape index (κ3) is 2.41. The van der Waals surface area contributed by atoms with E-state index < -0.39 is 0 Å². The van der Waals surface area contributed by atoms with Crippen molar-refractivity contribution in [1.29, 1.82) is 0 Å². The molecule has 2 fully saturated rings. The van der Waals surface area contributed by atoms with Crippen molar-refractivity contribution in [2.45, 2.75) is 19.8 Å². The second-order valence-electron chi connectivity index (χ2n) is 5.49. The standard InChI is InChI=1S/C15H19N3O2/c1-10-7-12(17-15(20)11-8-16-9-11)4-5-13(10)18-6-2-3-14(18)19/h4-5,7,11,16H,2-3,6,8-9H2,1H3,(H,17,20). The van der Waals surface area contributed by atoms with Crippen molar-refractivity contribution in [1.82, 2.24) is 5.32 Å². The summed E-state index contributed by atoms with van der Waals surface area (Å²) < 4.78 is 0. The summed E-state index contributed by atoms with van der Waals surface area (Å²) in [6.45, 7) is 4.27. The number of amides is 2. The minimum Gasteiger partial charge on any atom is -0.326 e. The summed E-state index contributed by atoms with van der Waals surface area (Å²) in [5.41, 5.74) is 2.77. The molecule has 0 aromatic heterocycles. The summed E-state index contributed by atoms with van der Waals surface area (Å²) in [5.74, 6) is 0.328. The van der Waals surface area contributed by atoms with Gasteiger partial charge in [-0.15, -0.1) is 0 Å². The van der Waals surface area contributed by atoms with Crippen LogP contribution in [-0.4, -0.2) is 31.4 Å². The van der Waals surface area contributed by atoms with Crippen LogP contribution < -0.4 is 15.5 Å². The molecule has 0 radical (unpaired) electrons. The first-order valence-electron chi connectivity index (χ1n) is 7.08. The lowest BCUT2D eigenvalue weighted by Gasteiger charge is -2.26. The van der Waals surface area contributed by atoms with E-state index in [-0.39, 0.29) is 17.7 Å². The Labute approximate surface area is 118 Å². The molecule has 2 amide bonds. The average molecular weight is 273 g/mol. The Morgan fingerprint density at radius 3 is 2.75 bits per heavy atom. The number of hydrogen-bond donors (Lipinski definition) is 2. The number of nitrogens with one attached hydrogen (secondary N) is 2. The highest BCUT2D eigenvalue weighted by Gasteiger charge is 2.25. The predicted octanol–water partition coefficient (Wildman–Crippen LogP) is 1.28. The topological polar surface area (TPSA) is 61.4 Å². The Hall–Kier alpha value is -1.88. The smallest absolute Gasteiger partial charge is 0.230 e. The molecular formula is C15H19N3O2. The fourth-order valence-corrected chi connectivity index (χ4v) is 2.66. The average Bonchev–Trinajstić information content (AvgIpc) is 2.73. The van der Waals surface area contributed by atoms with E-state index in [9.17, 15) is 9.59 Å². The number of nitrogens with zero attached hydrogens (tertiary/aromatic N) is 1. The Balaban J connectivity index is 1.73. The number of carbonyl (C=O) groups is 2. The van der Waals surface area contributed by atoms with E-state index in [4.69, 9.17) is 0 Å². The van der Waals surface area contributed by atoms with E-state index >= 15 is 0 Å². The van der Waals surface area contributed by atoms with Gasteiger partial charge in [-0.1, -0.05) is 0 Å². The zero-order valence-corrected chi connectivity index (χ0v) is 11.6. The monoisotopic (exact) mass is 273 g/mol. The SMILES string of the molecule is Cc1cc(NC(=O)C2CNC2)ccc1N1CCCC1=O. The molecule has 0 atom stereocenters. The van der Waals surface area contributed by atoms with Crippen molar-refractivity contribution in [3.63, 3.8) is 0 Å². The number of carbonyl (C=O) groups excluding carboxylic acids is 2. The maximum Gasteiger partial charge on any atom is 0.230 e. The maximum atomic E-state index is 11.9.